The van der Waals surface area contributed by atoms with Crippen LogP contribution < -0.4 is 5.73 Å². The van der Waals surface area contributed by atoms with E-state index in [1.165, 1.54) is 12.8 Å². The van der Waals surface area contributed by atoms with Crippen LogP contribution in [0.5, 0.6) is 0 Å². The highest BCUT2D eigenvalue weighted by Gasteiger charge is 2.26. The molecule has 0 bridgehead atoms. The van der Waals surface area contributed by atoms with Crippen LogP contribution in [0, 0.1) is 0 Å². The summed E-state index contributed by atoms with van der Waals surface area (Å²) in [6.45, 7) is 0. The first-order valence-electron chi connectivity index (χ1n) is 5.89. The van der Waals surface area contributed by atoms with Gasteiger partial charge in [0, 0.05) is 12.1 Å². The fourth-order valence-corrected chi connectivity index (χ4v) is 2.13. The Kier molecular flexibility index (Phi) is 1.78. The minimum absolute atomic E-state index is 0.560. The molecule has 0 radical (unpaired) electrons. The average Bonchev–Trinajstić information content (AvgIpc) is 2.93. The number of nitrogen functional groups attached to an aromatic ring is 1. The van der Waals surface area contributed by atoms with Crippen molar-refractivity contribution in [3.05, 3.63) is 30.1 Å². The highest BCUT2D eigenvalue weighted by atomic mass is 16.6. The van der Waals surface area contributed by atoms with Crippen LogP contribution in [-0.2, 0) is 0 Å². The molecule has 0 atom stereocenters. The first-order valence-corrected chi connectivity index (χ1v) is 5.89. The van der Waals surface area contributed by atoms with Gasteiger partial charge in [-0.25, -0.2) is 9.31 Å². The summed E-state index contributed by atoms with van der Waals surface area (Å²) in [5, 5.41) is 12.3. The SMILES string of the molecule is Nc1ccc(-n2ccc(C3CC3)n2)c2nonc12. The maximum Gasteiger partial charge on any atom is 0.162 e. The first-order chi connectivity index (χ1) is 8.83. The summed E-state index contributed by atoms with van der Waals surface area (Å²) in [6.07, 6.45) is 4.41. The normalized spacial score (nSPS) is 15.3. The van der Waals surface area contributed by atoms with Crippen LogP contribution >= 0.6 is 0 Å². The number of nitrogens with zero attached hydrogens (tertiary/aromatic N) is 4. The van der Waals surface area contributed by atoms with Crippen molar-refractivity contribution < 1.29 is 4.63 Å². The molecule has 1 aliphatic rings. The molecule has 4 rings (SSSR count). The number of fused-ring (bicyclic) bond motifs is 1. The van der Waals surface area contributed by atoms with E-state index in [9.17, 15) is 0 Å². The molecule has 2 N–H and O–H groups in total. The van der Waals surface area contributed by atoms with Crippen molar-refractivity contribution in [2.75, 3.05) is 5.73 Å². The molecular formula is C12H11N5O. The maximum absolute atomic E-state index is 5.82. The average molecular weight is 241 g/mol. The van der Waals surface area contributed by atoms with Crippen LogP contribution in [0.25, 0.3) is 16.7 Å². The second-order valence-electron chi connectivity index (χ2n) is 4.59. The minimum Gasteiger partial charge on any atom is -0.397 e. The highest BCUT2D eigenvalue weighted by molar-refractivity contribution is 5.91. The molecule has 18 heavy (non-hydrogen) atoms. The molecule has 0 saturated heterocycles. The van der Waals surface area contributed by atoms with Gasteiger partial charge in [0.2, 0.25) is 0 Å². The van der Waals surface area contributed by atoms with E-state index in [0.29, 0.717) is 22.6 Å². The number of hydrogen-bond donors (Lipinski definition) is 1. The monoisotopic (exact) mass is 241 g/mol. The Balaban J connectivity index is 1.89. The highest BCUT2D eigenvalue weighted by Crippen LogP contribution is 2.39. The zero-order chi connectivity index (χ0) is 12.1. The molecule has 1 saturated carbocycles. The van der Waals surface area contributed by atoms with Gasteiger partial charge in [-0.05, 0) is 41.4 Å². The van der Waals surface area contributed by atoms with Crippen LogP contribution in [0.15, 0.2) is 29.0 Å². The lowest BCUT2D eigenvalue weighted by atomic mass is 10.2. The van der Waals surface area contributed by atoms with Gasteiger partial charge in [-0.2, -0.15) is 5.10 Å². The number of anilines is 1. The molecule has 0 spiro atoms. The fourth-order valence-electron chi connectivity index (χ4n) is 2.13. The molecule has 0 aliphatic heterocycles. The quantitative estimate of drug-likeness (QED) is 0.692. The summed E-state index contributed by atoms with van der Waals surface area (Å²) < 4.78 is 6.56. The van der Waals surface area contributed by atoms with E-state index in [1.54, 1.807) is 10.7 Å². The molecule has 1 aromatic carbocycles. The number of benzene rings is 1. The molecule has 6 heteroatoms. The Labute approximate surface area is 102 Å². The van der Waals surface area contributed by atoms with Crippen molar-refractivity contribution in [1.82, 2.24) is 20.1 Å². The third-order valence-corrected chi connectivity index (χ3v) is 3.28. The molecular weight excluding hydrogens is 230 g/mol. The van der Waals surface area contributed by atoms with E-state index < -0.39 is 0 Å². The molecule has 2 heterocycles. The lowest BCUT2D eigenvalue weighted by molar-refractivity contribution is 0.315. The zero-order valence-corrected chi connectivity index (χ0v) is 9.58. The number of aromatic nitrogens is 4. The summed E-state index contributed by atoms with van der Waals surface area (Å²) in [4.78, 5) is 0. The van der Waals surface area contributed by atoms with Gasteiger partial charge in [0.25, 0.3) is 0 Å². The van der Waals surface area contributed by atoms with Crippen molar-refractivity contribution in [3.63, 3.8) is 0 Å². The summed E-state index contributed by atoms with van der Waals surface area (Å²) >= 11 is 0. The van der Waals surface area contributed by atoms with Gasteiger partial charge in [-0.3, -0.25) is 0 Å². The van der Waals surface area contributed by atoms with Crippen molar-refractivity contribution >= 4 is 16.7 Å². The van der Waals surface area contributed by atoms with Crippen molar-refractivity contribution in [2.24, 2.45) is 0 Å². The number of nitrogens with two attached hydrogens (primary N) is 1. The summed E-state index contributed by atoms with van der Waals surface area (Å²) in [5.41, 5.74) is 9.57. The molecule has 1 fully saturated rings. The third kappa shape index (κ3) is 1.32. The minimum atomic E-state index is 0.560. The maximum atomic E-state index is 5.82. The second kappa shape index (κ2) is 3.32. The predicted molar refractivity (Wildman–Crippen MR) is 65.3 cm³/mol. The standard InChI is InChI=1S/C12H11N5O/c13-8-3-4-10(12-11(8)15-18-16-12)17-6-5-9(14-17)7-1-2-7/h3-7H,1-2,13H2. The Morgan fingerprint density at radius 2 is 2.00 bits per heavy atom. The molecule has 0 amide bonds. The Hall–Kier alpha value is -2.37. The van der Waals surface area contributed by atoms with Crippen LogP contribution in [0.1, 0.15) is 24.5 Å². The molecule has 90 valence electrons. The fraction of sp³-hybridized carbons (Fsp3) is 0.250. The zero-order valence-electron chi connectivity index (χ0n) is 9.58. The summed E-state index contributed by atoms with van der Waals surface area (Å²) in [7, 11) is 0. The molecule has 0 unspecified atom stereocenters. The lowest BCUT2D eigenvalue weighted by Gasteiger charge is -2.02. The van der Waals surface area contributed by atoms with Gasteiger partial charge in [-0.15, -0.1) is 0 Å². The second-order valence-corrected chi connectivity index (χ2v) is 4.59. The van der Waals surface area contributed by atoms with Gasteiger partial charge in [0.1, 0.15) is 0 Å². The van der Waals surface area contributed by atoms with Crippen molar-refractivity contribution in [1.29, 1.82) is 0 Å². The third-order valence-electron chi connectivity index (χ3n) is 3.28. The number of hydrogen-bond acceptors (Lipinski definition) is 5. The topological polar surface area (TPSA) is 82.8 Å². The smallest absolute Gasteiger partial charge is 0.162 e. The lowest BCUT2D eigenvalue weighted by Crippen LogP contribution is -1.98. The van der Waals surface area contributed by atoms with Gasteiger partial charge < -0.3 is 5.73 Å². The van der Waals surface area contributed by atoms with E-state index in [2.05, 4.69) is 15.4 Å². The van der Waals surface area contributed by atoms with Crippen LogP contribution in [0.3, 0.4) is 0 Å². The van der Waals surface area contributed by atoms with Crippen molar-refractivity contribution in [3.8, 4) is 5.69 Å². The van der Waals surface area contributed by atoms with Crippen LogP contribution in [0.4, 0.5) is 5.69 Å². The molecule has 2 aromatic heterocycles. The van der Waals surface area contributed by atoms with E-state index in [-0.39, 0.29) is 0 Å². The largest absolute Gasteiger partial charge is 0.397 e. The van der Waals surface area contributed by atoms with E-state index >= 15 is 0 Å². The molecule has 3 aromatic rings. The number of rotatable bonds is 2. The van der Waals surface area contributed by atoms with Crippen LogP contribution in [-0.4, -0.2) is 20.1 Å². The van der Waals surface area contributed by atoms with Gasteiger partial charge in [0.15, 0.2) is 11.0 Å². The van der Waals surface area contributed by atoms with E-state index in [4.69, 9.17) is 10.4 Å². The Morgan fingerprint density at radius 3 is 2.83 bits per heavy atom. The van der Waals surface area contributed by atoms with Crippen molar-refractivity contribution in [2.45, 2.75) is 18.8 Å². The molecule has 6 nitrogen and oxygen atoms in total. The summed E-state index contributed by atoms with van der Waals surface area (Å²) in [5.74, 6) is 0.631. The Bertz CT molecular complexity index is 725. The van der Waals surface area contributed by atoms with E-state index in [0.717, 1.165) is 11.4 Å². The van der Waals surface area contributed by atoms with Gasteiger partial charge in [0.05, 0.1) is 17.1 Å². The predicted octanol–water partition coefficient (Wildman–Crippen LogP) is 1.87. The van der Waals surface area contributed by atoms with E-state index in [1.807, 2.05) is 18.3 Å². The molecule has 1 aliphatic carbocycles. The van der Waals surface area contributed by atoms with Gasteiger partial charge >= 0.3 is 0 Å². The summed E-state index contributed by atoms with van der Waals surface area (Å²) in [6, 6.07) is 5.72. The Morgan fingerprint density at radius 1 is 1.17 bits per heavy atom. The first kappa shape index (κ1) is 9.64. The van der Waals surface area contributed by atoms with Gasteiger partial charge in [-0.1, -0.05) is 0 Å². The van der Waals surface area contributed by atoms with Crippen LogP contribution in [0.2, 0.25) is 0 Å².